The number of hydrogen-bond acceptors (Lipinski definition) is 4. The lowest BCUT2D eigenvalue weighted by atomic mass is 10.1. The summed E-state index contributed by atoms with van der Waals surface area (Å²) in [6.07, 6.45) is -7.85. The van der Waals surface area contributed by atoms with Crippen molar-refractivity contribution in [2.24, 2.45) is 0 Å². The zero-order valence-corrected chi connectivity index (χ0v) is 19.4. The Bertz CT molecular complexity index is 1280. The number of amides is 2. The number of nitrogens with one attached hydrogen (secondary N) is 2. The highest BCUT2D eigenvalue weighted by molar-refractivity contribution is 6.05. The molecule has 0 spiro atoms. The molecule has 0 saturated carbocycles. The summed E-state index contributed by atoms with van der Waals surface area (Å²) in [7, 11) is 0. The summed E-state index contributed by atoms with van der Waals surface area (Å²) in [6.45, 7) is -0.511. The SMILES string of the molecule is O=C(NCCO)C(=Cc1ccc(C(F)(F)F)cc1)NC(=O)c1ccc(Oc2ccc(C(F)(F)F)cc2)cc1. The van der Waals surface area contributed by atoms with Gasteiger partial charge in [0.25, 0.3) is 11.8 Å². The van der Waals surface area contributed by atoms with Crippen molar-refractivity contribution in [3.8, 4) is 11.5 Å². The first kappa shape index (κ1) is 28.3. The normalized spacial score (nSPS) is 12.1. The Labute approximate surface area is 212 Å². The number of rotatable bonds is 8. The van der Waals surface area contributed by atoms with Crippen LogP contribution >= 0.6 is 0 Å². The molecule has 0 bridgehead atoms. The fourth-order valence-electron chi connectivity index (χ4n) is 3.07. The molecule has 3 rings (SSSR count). The van der Waals surface area contributed by atoms with Crippen molar-refractivity contribution in [3.63, 3.8) is 0 Å². The highest BCUT2D eigenvalue weighted by Crippen LogP contribution is 2.32. The number of carbonyl (C=O) groups is 2. The van der Waals surface area contributed by atoms with Crippen LogP contribution in [0.4, 0.5) is 26.3 Å². The Hall–Kier alpha value is -4.32. The third kappa shape index (κ3) is 7.84. The highest BCUT2D eigenvalue weighted by atomic mass is 19.4. The van der Waals surface area contributed by atoms with Crippen LogP contribution in [0.25, 0.3) is 6.08 Å². The molecule has 0 fully saturated rings. The lowest BCUT2D eigenvalue weighted by Gasteiger charge is -2.12. The van der Waals surface area contributed by atoms with Crippen LogP contribution in [-0.4, -0.2) is 30.1 Å². The number of ether oxygens (including phenoxy) is 1. The van der Waals surface area contributed by atoms with E-state index in [-0.39, 0.29) is 41.5 Å². The van der Waals surface area contributed by atoms with Crippen molar-refractivity contribution in [2.75, 3.05) is 13.2 Å². The van der Waals surface area contributed by atoms with Crippen LogP contribution in [0.15, 0.2) is 78.5 Å². The number of halogens is 6. The molecule has 0 aliphatic rings. The van der Waals surface area contributed by atoms with E-state index in [2.05, 4.69) is 10.6 Å². The first-order valence-corrected chi connectivity index (χ1v) is 10.9. The van der Waals surface area contributed by atoms with Crippen LogP contribution in [0.2, 0.25) is 0 Å². The quantitative estimate of drug-likeness (QED) is 0.265. The first-order chi connectivity index (χ1) is 17.9. The van der Waals surface area contributed by atoms with Gasteiger partial charge < -0.3 is 20.5 Å². The predicted octanol–water partition coefficient (Wildman–Crippen LogP) is 5.40. The fourth-order valence-corrected chi connectivity index (χ4v) is 3.07. The Balaban J connectivity index is 1.74. The molecule has 6 nitrogen and oxygen atoms in total. The van der Waals surface area contributed by atoms with Gasteiger partial charge in [-0.05, 0) is 72.3 Å². The molecule has 38 heavy (non-hydrogen) atoms. The summed E-state index contributed by atoms with van der Waals surface area (Å²) < 4.78 is 82.0. The van der Waals surface area contributed by atoms with Crippen molar-refractivity contribution in [1.82, 2.24) is 10.6 Å². The van der Waals surface area contributed by atoms with Crippen LogP contribution in [0, 0.1) is 0 Å². The predicted molar refractivity (Wildman–Crippen MR) is 125 cm³/mol. The summed E-state index contributed by atoms with van der Waals surface area (Å²) in [5.41, 5.74) is -1.72. The number of carbonyl (C=O) groups excluding carboxylic acids is 2. The molecule has 0 radical (unpaired) electrons. The molecule has 3 N–H and O–H groups in total. The smallest absolute Gasteiger partial charge is 0.416 e. The Morgan fingerprint density at radius 3 is 1.71 bits per heavy atom. The van der Waals surface area contributed by atoms with E-state index in [1.165, 1.54) is 30.3 Å². The van der Waals surface area contributed by atoms with Crippen molar-refractivity contribution < 1.29 is 45.8 Å². The van der Waals surface area contributed by atoms with Crippen molar-refractivity contribution in [1.29, 1.82) is 0 Å². The summed E-state index contributed by atoms with van der Waals surface area (Å²) in [5, 5.41) is 13.7. The van der Waals surface area contributed by atoms with E-state index in [1.807, 2.05) is 0 Å². The molecule has 0 aromatic heterocycles. The van der Waals surface area contributed by atoms with Gasteiger partial charge in [0.05, 0.1) is 17.7 Å². The molecule has 0 unspecified atom stereocenters. The molecule has 3 aromatic carbocycles. The van der Waals surface area contributed by atoms with Gasteiger partial charge in [-0.3, -0.25) is 9.59 Å². The third-order valence-corrected chi connectivity index (χ3v) is 4.97. The van der Waals surface area contributed by atoms with Gasteiger partial charge in [-0.25, -0.2) is 0 Å². The van der Waals surface area contributed by atoms with Gasteiger partial charge >= 0.3 is 12.4 Å². The van der Waals surface area contributed by atoms with Gasteiger partial charge in [0, 0.05) is 12.1 Å². The molecular formula is C26H20F6N2O4. The Morgan fingerprint density at radius 2 is 1.24 bits per heavy atom. The van der Waals surface area contributed by atoms with Crippen LogP contribution in [0.1, 0.15) is 27.0 Å². The average molecular weight is 538 g/mol. The third-order valence-electron chi connectivity index (χ3n) is 4.97. The summed E-state index contributed by atoms with van der Waals surface area (Å²) in [5.74, 6) is -1.15. The molecule has 3 aromatic rings. The lowest BCUT2D eigenvalue weighted by Crippen LogP contribution is -2.36. The zero-order valence-electron chi connectivity index (χ0n) is 19.4. The van der Waals surface area contributed by atoms with Gasteiger partial charge in [0.2, 0.25) is 0 Å². The van der Waals surface area contributed by atoms with E-state index in [0.717, 1.165) is 48.5 Å². The molecule has 2 amide bonds. The second kappa shape index (κ2) is 11.8. The minimum atomic E-state index is -4.54. The number of aliphatic hydroxyl groups is 1. The highest BCUT2D eigenvalue weighted by Gasteiger charge is 2.30. The van der Waals surface area contributed by atoms with E-state index in [0.29, 0.717) is 0 Å². The standard InChI is InChI=1S/C26H20F6N2O4/c27-25(28,29)18-5-1-16(2-6-18)15-22(24(37)33-13-14-35)34-23(36)17-3-9-20(10-4-17)38-21-11-7-19(8-12-21)26(30,31)32/h1-12,15,35H,13-14H2,(H,33,37)(H,34,36). The zero-order chi connectivity index (χ0) is 27.9. The summed E-state index contributed by atoms with van der Waals surface area (Å²) in [6, 6.07) is 13.4. The minimum Gasteiger partial charge on any atom is -0.457 e. The molecular weight excluding hydrogens is 518 g/mol. The van der Waals surface area contributed by atoms with Crippen LogP contribution < -0.4 is 15.4 Å². The number of aliphatic hydroxyl groups excluding tert-OH is 1. The maximum atomic E-state index is 12.8. The maximum Gasteiger partial charge on any atom is 0.416 e. The van der Waals surface area contributed by atoms with Gasteiger partial charge in [-0.1, -0.05) is 12.1 Å². The average Bonchev–Trinajstić information content (AvgIpc) is 2.87. The topological polar surface area (TPSA) is 87.7 Å². The summed E-state index contributed by atoms with van der Waals surface area (Å²) in [4.78, 5) is 25.2. The second-order valence-corrected chi connectivity index (χ2v) is 7.76. The largest absolute Gasteiger partial charge is 0.457 e. The second-order valence-electron chi connectivity index (χ2n) is 7.76. The Kier molecular flexibility index (Phi) is 8.79. The van der Waals surface area contributed by atoms with Crippen molar-refractivity contribution in [3.05, 3.63) is 101 Å². The van der Waals surface area contributed by atoms with Crippen LogP contribution in [0.3, 0.4) is 0 Å². The molecule has 0 saturated heterocycles. The summed E-state index contributed by atoms with van der Waals surface area (Å²) >= 11 is 0. The van der Waals surface area contributed by atoms with Gasteiger partial charge in [-0.2, -0.15) is 26.3 Å². The first-order valence-electron chi connectivity index (χ1n) is 10.9. The maximum absolute atomic E-state index is 12.8. The molecule has 0 aliphatic carbocycles. The number of benzene rings is 3. The minimum absolute atomic E-state index is 0.0815. The molecule has 0 atom stereocenters. The van der Waals surface area contributed by atoms with Crippen LogP contribution in [-0.2, 0) is 17.1 Å². The van der Waals surface area contributed by atoms with Gasteiger partial charge in [0.1, 0.15) is 17.2 Å². The molecule has 0 heterocycles. The molecule has 200 valence electrons. The van der Waals surface area contributed by atoms with E-state index < -0.39 is 35.3 Å². The lowest BCUT2D eigenvalue weighted by molar-refractivity contribution is -0.138. The van der Waals surface area contributed by atoms with E-state index in [4.69, 9.17) is 9.84 Å². The van der Waals surface area contributed by atoms with E-state index in [9.17, 15) is 35.9 Å². The van der Waals surface area contributed by atoms with Crippen molar-refractivity contribution >= 4 is 17.9 Å². The number of alkyl halides is 6. The van der Waals surface area contributed by atoms with E-state index in [1.54, 1.807) is 0 Å². The Morgan fingerprint density at radius 1 is 0.763 bits per heavy atom. The molecule has 0 aliphatic heterocycles. The van der Waals surface area contributed by atoms with Crippen LogP contribution in [0.5, 0.6) is 11.5 Å². The van der Waals surface area contributed by atoms with Crippen molar-refractivity contribution in [2.45, 2.75) is 12.4 Å². The fraction of sp³-hybridized carbons (Fsp3) is 0.154. The van der Waals surface area contributed by atoms with Gasteiger partial charge in [-0.15, -0.1) is 0 Å². The number of hydrogen-bond donors (Lipinski definition) is 3. The van der Waals surface area contributed by atoms with Gasteiger partial charge in [0.15, 0.2) is 0 Å². The monoisotopic (exact) mass is 538 g/mol. The molecule has 12 heteroatoms. The van der Waals surface area contributed by atoms with E-state index >= 15 is 0 Å².